The second kappa shape index (κ2) is 5.44. The first-order valence-electron chi connectivity index (χ1n) is 7.72. The van der Waals surface area contributed by atoms with Crippen molar-refractivity contribution in [3.05, 3.63) is 35.9 Å². The second-order valence-electron chi connectivity index (χ2n) is 6.06. The molecule has 1 nitrogen and oxygen atoms in total. The average Bonchev–Trinajstić information content (AvgIpc) is 2.77. The van der Waals surface area contributed by atoms with Crippen molar-refractivity contribution in [3.63, 3.8) is 0 Å². The molecule has 2 fully saturated rings. The van der Waals surface area contributed by atoms with Gasteiger partial charge in [-0.3, -0.25) is 0 Å². The molecule has 1 saturated heterocycles. The molecule has 1 heteroatoms. The Morgan fingerprint density at radius 2 is 1.61 bits per heavy atom. The van der Waals surface area contributed by atoms with E-state index >= 15 is 0 Å². The Hall–Kier alpha value is -0.820. The molecule has 0 radical (unpaired) electrons. The van der Waals surface area contributed by atoms with E-state index in [0.717, 1.165) is 5.92 Å². The van der Waals surface area contributed by atoms with Gasteiger partial charge in [-0.05, 0) is 43.7 Å². The van der Waals surface area contributed by atoms with E-state index in [1.165, 1.54) is 63.5 Å². The fourth-order valence-electron chi connectivity index (χ4n) is 4.11. The molecule has 0 amide bonds. The van der Waals surface area contributed by atoms with E-state index in [1.807, 2.05) is 0 Å². The summed E-state index contributed by atoms with van der Waals surface area (Å²) in [6.07, 6.45) is 11.3. The van der Waals surface area contributed by atoms with E-state index in [9.17, 15) is 0 Å². The Balaban J connectivity index is 1.90. The topological polar surface area (TPSA) is 12.0 Å². The predicted octanol–water partition coefficient (Wildman–Crippen LogP) is 4.24. The van der Waals surface area contributed by atoms with Crippen LogP contribution in [0.25, 0.3) is 0 Å². The van der Waals surface area contributed by atoms with Crippen molar-refractivity contribution in [2.75, 3.05) is 6.54 Å². The van der Waals surface area contributed by atoms with Gasteiger partial charge in [0.1, 0.15) is 0 Å². The summed E-state index contributed by atoms with van der Waals surface area (Å²) in [7, 11) is 0. The summed E-state index contributed by atoms with van der Waals surface area (Å²) in [6.45, 7) is 1.20. The Labute approximate surface area is 111 Å². The van der Waals surface area contributed by atoms with Crippen molar-refractivity contribution in [3.8, 4) is 0 Å². The molecule has 18 heavy (non-hydrogen) atoms. The largest absolute Gasteiger partial charge is 0.307 e. The van der Waals surface area contributed by atoms with E-state index in [1.54, 1.807) is 0 Å². The van der Waals surface area contributed by atoms with Gasteiger partial charge in [0.25, 0.3) is 0 Å². The number of nitrogens with one attached hydrogen (secondary N) is 1. The molecule has 1 N–H and O–H groups in total. The Bertz CT molecular complexity index is 356. The smallest absolute Gasteiger partial charge is 0.0463 e. The molecule has 1 atom stereocenters. The number of hydrogen-bond donors (Lipinski definition) is 1. The molecule has 0 spiro atoms. The second-order valence-corrected chi connectivity index (χ2v) is 6.06. The van der Waals surface area contributed by atoms with E-state index in [-0.39, 0.29) is 0 Å². The summed E-state index contributed by atoms with van der Waals surface area (Å²) in [5, 5.41) is 3.88. The van der Waals surface area contributed by atoms with Crippen LogP contribution in [0.2, 0.25) is 0 Å². The first-order chi connectivity index (χ1) is 8.92. The van der Waals surface area contributed by atoms with Crippen molar-refractivity contribution in [1.29, 1.82) is 0 Å². The van der Waals surface area contributed by atoms with Crippen LogP contribution in [0, 0.1) is 5.92 Å². The Morgan fingerprint density at radius 1 is 0.889 bits per heavy atom. The van der Waals surface area contributed by atoms with Crippen LogP contribution in [0.4, 0.5) is 0 Å². The van der Waals surface area contributed by atoms with Crippen LogP contribution in [-0.4, -0.2) is 6.54 Å². The molecule has 3 rings (SSSR count). The van der Waals surface area contributed by atoms with Crippen LogP contribution in [0.3, 0.4) is 0 Å². The van der Waals surface area contributed by atoms with Gasteiger partial charge in [-0.25, -0.2) is 0 Å². The summed E-state index contributed by atoms with van der Waals surface area (Å²) in [6, 6.07) is 11.2. The molecule has 1 aliphatic heterocycles. The van der Waals surface area contributed by atoms with Crippen molar-refractivity contribution in [2.45, 2.75) is 56.9 Å². The highest BCUT2D eigenvalue weighted by molar-refractivity contribution is 5.27. The molecule has 0 aromatic heterocycles. The molecule has 1 aromatic rings. The van der Waals surface area contributed by atoms with Crippen molar-refractivity contribution >= 4 is 0 Å². The van der Waals surface area contributed by atoms with Crippen LogP contribution in [0.1, 0.15) is 56.9 Å². The van der Waals surface area contributed by atoms with Gasteiger partial charge in [0, 0.05) is 5.54 Å². The lowest BCUT2D eigenvalue weighted by molar-refractivity contribution is 0.215. The summed E-state index contributed by atoms with van der Waals surface area (Å²) >= 11 is 0. The molecule has 1 aliphatic carbocycles. The van der Waals surface area contributed by atoms with Crippen LogP contribution >= 0.6 is 0 Å². The normalized spacial score (nSPS) is 30.2. The fourth-order valence-corrected chi connectivity index (χ4v) is 4.11. The van der Waals surface area contributed by atoms with E-state index in [0.29, 0.717) is 5.54 Å². The maximum atomic E-state index is 3.88. The molecule has 1 heterocycles. The quantitative estimate of drug-likeness (QED) is 0.766. The Kier molecular flexibility index (Phi) is 3.69. The highest BCUT2D eigenvalue weighted by atomic mass is 15.0. The zero-order valence-electron chi connectivity index (χ0n) is 11.3. The van der Waals surface area contributed by atoms with Crippen LogP contribution < -0.4 is 5.32 Å². The minimum atomic E-state index is 0.297. The lowest BCUT2D eigenvalue weighted by Crippen LogP contribution is -2.43. The summed E-state index contributed by atoms with van der Waals surface area (Å²) in [5.74, 6) is 0.852. The maximum Gasteiger partial charge on any atom is 0.0463 e. The van der Waals surface area contributed by atoms with Crippen LogP contribution in [0.15, 0.2) is 30.3 Å². The lowest BCUT2D eigenvalue weighted by Gasteiger charge is -2.38. The van der Waals surface area contributed by atoms with Gasteiger partial charge in [-0.2, -0.15) is 0 Å². The molecule has 98 valence electrons. The number of hydrogen-bond acceptors (Lipinski definition) is 1. The third-order valence-corrected chi connectivity index (χ3v) is 5.03. The van der Waals surface area contributed by atoms with Crippen molar-refractivity contribution in [1.82, 2.24) is 5.32 Å². The molecular formula is C17H25N. The van der Waals surface area contributed by atoms with Crippen molar-refractivity contribution in [2.24, 2.45) is 5.92 Å². The number of benzene rings is 1. The molecular weight excluding hydrogens is 218 g/mol. The van der Waals surface area contributed by atoms with Gasteiger partial charge in [-0.15, -0.1) is 0 Å². The van der Waals surface area contributed by atoms with E-state index in [2.05, 4.69) is 35.6 Å². The van der Waals surface area contributed by atoms with E-state index in [4.69, 9.17) is 0 Å². The lowest BCUT2D eigenvalue weighted by atomic mass is 9.73. The van der Waals surface area contributed by atoms with Crippen LogP contribution in [0.5, 0.6) is 0 Å². The highest BCUT2D eigenvalue weighted by Gasteiger charge is 2.41. The summed E-state index contributed by atoms with van der Waals surface area (Å²) in [5.41, 5.74) is 1.83. The minimum absolute atomic E-state index is 0.297. The van der Waals surface area contributed by atoms with Gasteiger partial charge >= 0.3 is 0 Å². The Morgan fingerprint density at radius 3 is 2.22 bits per heavy atom. The monoisotopic (exact) mass is 243 g/mol. The first-order valence-corrected chi connectivity index (χ1v) is 7.72. The van der Waals surface area contributed by atoms with Gasteiger partial charge in [0.2, 0.25) is 0 Å². The third-order valence-electron chi connectivity index (χ3n) is 5.03. The molecule has 0 bridgehead atoms. The fraction of sp³-hybridized carbons (Fsp3) is 0.647. The van der Waals surface area contributed by atoms with Gasteiger partial charge < -0.3 is 5.32 Å². The maximum absolute atomic E-state index is 3.88. The first kappa shape index (κ1) is 12.2. The summed E-state index contributed by atoms with van der Waals surface area (Å²) in [4.78, 5) is 0. The minimum Gasteiger partial charge on any atom is -0.307 e. The molecule has 1 saturated carbocycles. The standard InChI is InChI=1S/C17H25N/c1-2-5-10-15(9-4-1)17(13-8-14-18-17)16-11-6-3-7-12-16/h3,6-7,11-12,15,18H,1-2,4-5,8-10,13-14H2. The van der Waals surface area contributed by atoms with Crippen molar-refractivity contribution < 1.29 is 0 Å². The zero-order valence-corrected chi connectivity index (χ0v) is 11.3. The van der Waals surface area contributed by atoms with E-state index < -0.39 is 0 Å². The van der Waals surface area contributed by atoms with Gasteiger partial charge in [-0.1, -0.05) is 56.0 Å². The van der Waals surface area contributed by atoms with Gasteiger partial charge in [0.05, 0.1) is 0 Å². The SMILES string of the molecule is c1ccc(C2(C3CCCCCC3)CCCN2)cc1. The third kappa shape index (κ3) is 2.21. The summed E-state index contributed by atoms with van der Waals surface area (Å²) < 4.78 is 0. The molecule has 1 unspecified atom stereocenters. The van der Waals surface area contributed by atoms with Gasteiger partial charge in [0.15, 0.2) is 0 Å². The van der Waals surface area contributed by atoms with Crippen LogP contribution in [-0.2, 0) is 5.54 Å². The number of rotatable bonds is 2. The predicted molar refractivity (Wildman–Crippen MR) is 76.5 cm³/mol. The molecule has 2 aliphatic rings. The zero-order chi connectivity index (χ0) is 12.3. The molecule has 1 aromatic carbocycles. The highest BCUT2D eigenvalue weighted by Crippen LogP contribution is 2.43. The average molecular weight is 243 g/mol.